The molecule has 0 saturated carbocycles. The summed E-state index contributed by atoms with van der Waals surface area (Å²) in [6.45, 7) is 0. The summed E-state index contributed by atoms with van der Waals surface area (Å²) >= 11 is 0. The molecule has 0 aliphatic rings. The normalized spacial score (nSPS) is 10.6. The van der Waals surface area contributed by atoms with Crippen LogP contribution in [0.25, 0.3) is 10.9 Å². The molecule has 0 saturated heterocycles. The fraction of sp³-hybridized carbons (Fsp3) is 0.111. The van der Waals surface area contributed by atoms with E-state index in [9.17, 15) is 9.18 Å². The molecule has 0 fully saturated rings. The Kier molecular flexibility index (Phi) is 1.62. The summed E-state index contributed by atoms with van der Waals surface area (Å²) < 4.78 is 14.6. The summed E-state index contributed by atoms with van der Waals surface area (Å²) in [5.41, 5.74) is 0.828. The molecule has 4 heteroatoms. The van der Waals surface area contributed by atoms with Gasteiger partial charge < -0.3 is 0 Å². The number of aromatic nitrogens is 2. The van der Waals surface area contributed by atoms with Crippen LogP contribution in [-0.2, 0) is 7.05 Å². The lowest BCUT2D eigenvalue weighted by molar-refractivity contribution is 0.112. The van der Waals surface area contributed by atoms with Crippen LogP contribution in [0.1, 0.15) is 10.4 Å². The van der Waals surface area contributed by atoms with Gasteiger partial charge >= 0.3 is 0 Å². The molecule has 0 N–H and O–H groups in total. The first kappa shape index (κ1) is 7.91. The summed E-state index contributed by atoms with van der Waals surface area (Å²) in [7, 11) is 1.64. The van der Waals surface area contributed by atoms with Crippen molar-refractivity contribution in [3.05, 3.63) is 29.7 Å². The van der Waals surface area contributed by atoms with Crippen LogP contribution >= 0.6 is 0 Å². The Morgan fingerprint density at radius 2 is 2.31 bits per heavy atom. The number of carbonyl (C=O) groups excluding carboxylic acids is 1. The van der Waals surface area contributed by atoms with Crippen LogP contribution in [0.5, 0.6) is 0 Å². The smallest absolute Gasteiger partial charge is 0.150 e. The molecule has 0 radical (unpaired) electrons. The molecule has 0 amide bonds. The molecule has 13 heavy (non-hydrogen) atoms. The Bertz CT molecular complexity index is 476. The molecule has 0 aliphatic heterocycles. The van der Waals surface area contributed by atoms with Crippen molar-refractivity contribution >= 4 is 17.2 Å². The van der Waals surface area contributed by atoms with E-state index in [-0.39, 0.29) is 5.82 Å². The second-order valence-corrected chi connectivity index (χ2v) is 2.78. The predicted molar refractivity (Wildman–Crippen MR) is 46.1 cm³/mol. The van der Waals surface area contributed by atoms with Crippen molar-refractivity contribution in [3.63, 3.8) is 0 Å². The molecular formula is C9H7FN2O. The van der Waals surface area contributed by atoms with Gasteiger partial charge in [-0.15, -0.1) is 0 Å². The van der Waals surface area contributed by atoms with E-state index < -0.39 is 0 Å². The molecule has 1 heterocycles. The molecule has 66 valence electrons. The number of fused-ring (bicyclic) bond motifs is 1. The highest BCUT2D eigenvalue weighted by Gasteiger charge is 2.08. The Labute approximate surface area is 73.8 Å². The third kappa shape index (κ3) is 1.02. The minimum atomic E-state index is -0.361. The minimum absolute atomic E-state index is 0.361. The fourth-order valence-corrected chi connectivity index (χ4v) is 1.37. The number of nitrogens with zero attached hydrogens (tertiary/aromatic N) is 2. The van der Waals surface area contributed by atoms with E-state index in [1.165, 1.54) is 23.0 Å². The molecule has 2 aromatic rings. The quantitative estimate of drug-likeness (QED) is 0.620. The van der Waals surface area contributed by atoms with Gasteiger partial charge in [-0.25, -0.2) is 4.39 Å². The average Bonchev–Trinajstić information content (AvgIpc) is 2.50. The topological polar surface area (TPSA) is 34.9 Å². The van der Waals surface area contributed by atoms with Gasteiger partial charge in [-0.05, 0) is 12.1 Å². The van der Waals surface area contributed by atoms with Gasteiger partial charge in [-0.1, -0.05) is 0 Å². The van der Waals surface area contributed by atoms with Crippen molar-refractivity contribution in [2.75, 3.05) is 0 Å². The van der Waals surface area contributed by atoms with Crippen molar-refractivity contribution in [2.45, 2.75) is 0 Å². The third-order valence-corrected chi connectivity index (χ3v) is 2.01. The molecule has 1 aromatic carbocycles. The first-order valence-corrected chi connectivity index (χ1v) is 3.79. The Morgan fingerprint density at radius 1 is 1.54 bits per heavy atom. The van der Waals surface area contributed by atoms with Gasteiger partial charge in [0.1, 0.15) is 11.3 Å². The Hall–Kier alpha value is -1.71. The van der Waals surface area contributed by atoms with Gasteiger partial charge in [0.2, 0.25) is 0 Å². The van der Waals surface area contributed by atoms with Crippen molar-refractivity contribution < 1.29 is 9.18 Å². The maximum atomic E-state index is 13.2. The maximum absolute atomic E-state index is 13.2. The molecular weight excluding hydrogens is 171 g/mol. The van der Waals surface area contributed by atoms with Crippen LogP contribution in [0.15, 0.2) is 18.3 Å². The predicted octanol–water partition coefficient (Wildman–Crippen LogP) is 1.52. The number of hydrogen-bond donors (Lipinski definition) is 0. The minimum Gasteiger partial charge on any atom is -0.298 e. The van der Waals surface area contributed by atoms with Gasteiger partial charge in [0.05, 0.1) is 6.20 Å². The summed E-state index contributed by atoms with van der Waals surface area (Å²) in [5.74, 6) is -0.361. The Balaban J connectivity index is 2.95. The van der Waals surface area contributed by atoms with Crippen LogP contribution in [0.3, 0.4) is 0 Å². The van der Waals surface area contributed by atoms with Gasteiger partial charge in [-0.2, -0.15) is 5.10 Å². The van der Waals surface area contributed by atoms with E-state index in [0.29, 0.717) is 22.8 Å². The summed E-state index contributed by atoms with van der Waals surface area (Å²) in [6, 6.07) is 2.72. The lowest BCUT2D eigenvalue weighted by Gasteiger charge is -1.97. The third-order valence-electron chi connectivity index (χ3n) is 2.01. The number of halogens is 1. The Morgan fingerprint density at radius 3 is 3.00 bits per heavy atom. The van der Waals surface area contributed by atoms with E-state index >= 15 is 0 Å². The summed E-state index contributed by atoms with van der Waals surface area (Å²) in [4.78, 5) is 10.6. The molecule has 0 unspecified atom stereocenters. The van der Waals surface area contributed by atoms with Gasteiger partial charge in [-0.3, -0.25) is 9.48 Å². The lowest BCUT2D eigenvalue weighted by Crippen LogP contribution is -1.92. The standard InChI is InChI=1S/C9H7FN2O/c1-12-9-7(4-11-12)6(5-13)2-3-8(9)10/h2-5H,1H3. The van der Waals surface area contributed by atoms with Crippen LogP contribution in [0, 0.1) is 5.82 Å². The molecule has 0 spiro atoms. The van der Waals surface area contributed by atoms with Gasteiger partial charge in [0.25, 0.3) is 0 Å². The van der Waals surface area contributed by atoms with E-state index in [0.717, 1.165) is 0 Å². The zero-order valence-corrected chi connectivity index (χ0v) is 6.99. The first-order chi connectivity index (χ1) is 6.24. The highest BCUT2D eigenvalue weighted by molar-refractivity contribution is 5.96. The van der Waals surface area contributed by atoms with Crippen LogP contribution < -0.4 is 0 Å². The number of hydrogen-bond acceptors (Lipinski definition) is 2. The maximum Gasteiger partial charge on any atom is 0.150 e. The van der Waals surface area contributed by atoms with E-state index in [1.807, 2.05) is 0 Å². The molecule has 3 nitrogen and oxygen atoms in total. The number of rotatable bonds is 1. The number of benzene rings is 1. The zero-order chi connectivity index (χ0) is 9.42. The van der Waals surface area contributed by atoms with Crippen LogP contribution in [-0.4, -0.2) is 16.1 Å². The van der Waals surface area contributed by atoms with E-state index in [1.54, 1.807) is 7.05 Å². The van der Waals surface area contributed by atoms with Crippen molar-refractivity contribution in [3.8, 4) is 0 Å². The van der Waals surface area contributed by atoms with Crippen LogP contribution in [0.2, 0.25) is 0 Å². The van der Waals surface area contributed by atoms with E-state index in [2.05, 4.69) is 5.10 Å². The average molecular weight is 178 g/mol. The largest absolute Gasteiger partial charge is 0.298 e. The van der Waals surface area contributed by atoms with Gasteiger partial charge in [0.15, 0.2) is 6.29 Å². The molecule has 0 aliphatic carbocycles. The number of carbonyl (C=O) groups is 1. The highest BCUT2D eigenvalue weighted by Crippen LogP contribution is 2.19. The van der Waals surface area contributed by atoms with E-state index in [4.69, 9.17) is 0 Å². The lowest BCUT2D eigenvalue weighted by atomic mass is 10.1. The second kappa shape index (κ2) is 2.65. The van der Waals surface area contributed by atoms with Gasteiger partial charge in [0, 0.05) is 18.0 Å². The summed E-state index contributed by atoms with van der Waals surface area (Å²) in [5, 5.41) is 4.44. The van der Waals surface area contributed by atoms with Crippen LogP contribution in [0.4, 0.5) is 4.39 Å². The monoisotopic (exact) mass is 178 g/mol. The summed E-state index contributed by atoms with van der Waals surface area (Å²) in [6.07, 6.45) is 2.19. The molecule has 1 aromatic heterocycles. The SMILES string of the molecule is Cn1ncc2c(C=O)ccc(F)c21. The fourth-order valence-electron chi connectivity index (χ4n) is 1.37. The molecule has 0 bridgehead atoms. The number of aldehydes is 1. The van der Waals surface area contributed by atoms with Crippen molar-refractivity contribution in [2.24, 2.45) is 7.05 Å². The number of aryl methyl sites for hydroxylation is 1. The molecule has 2 rings (SSSR count). The zero-order valence-electron chi connectivity index (χ0n) is 6.99. The van der Waals surface area contributed by atoms with Crippen molar-refractivity contribution in [1.82, 2.24) is 9.78 Å². The van der Waals surface area contributed by atoms with Crippen molar-refractivity contribution in [1.29, 1.82) is 0 Å². The molecule has 0 atom stereocenters. The second-order valence-electron chi connectivity index (χ2n) is 2.78. The first-order valence-electron chi connectivity index (χ1n) is 3.79. The highest BCUT2D eigenvalue weighted by atomic mass is 19.1.